The SMILES string of the molecule is C=CC(=O)N1CC2(CCN(c3nc(C#CN(C)C)nc(-c4c(C)ccc5[nH]ncc45)c3C#N)C2)C1. The summed E-state index contributed by atoms with van der Waals surface area (Å²) < 4.78 is 0. The van der Waals surface area contributed by atoms with E-state index in [2.05, 4.69) is 39.7 Å². The van der Waals surface area contributed by atoms with Crippen LogP contribution in [0.4, 0.5) is 5.82 Å². The van der Waals surface area contributed by atoms with Crippen LogP contribution in [0, 0.1) is 35.6 Å². The number of H-pyrrole nitrogens is 1. The molecule has 176 valence electrons. The number of fused-ring (bicyclic) bond motifs is 1. The average Bonchev–Trinajstić information content (AvgIpc) is 3.48. The Kier molecular flexibility index (Phi) is 5.41. The van der Waals surface area contributed by atoms with E-state index in [1.165, 1.54) is 6.08 Å². The number of aromatic nitrogens is 4. The van der Waals surface area contributed by atoms with E-state index in [9.17, 15) is 10.1 Å². The molecular weight excluding hydrogens is 440 g/mol. The zero-order chi connectivity index (χ0) is 24.7. The Morgan fingerprint density at radius 2 is 2.09 bits per heavy atom. The molecule has 9 heteroatoms. The maximum absolute atomic E-state index is 12.0. The molecule has 0 atom stereocenters. The fraction of sp³-hybridized carbons (Fsp3) is 0.346. The number of nitrogens with one attached hydrogen (secondary N) is 1. The zero-order valence-electron chi connectivity index (χ0n) is 20.1. The highest BCUT2D eigenvalue weighted by Gasteiger charge is 2.49. The summed E-state index contributed by atoms with van der Waals surface area (Å²) in [7, 11) is 3.71. The molecule has 3 aromatic rings. The van der Waals surface area contributed by atoms with Crippen molar-refractivity contribution in [3.8, 4) is 29.3 Å². The molecule has 1 spiro atoms. The van der Waals surface area contributed by atoms with Crippen LogP contribution in [0.5, 0.6) is 0 Å². The summed E-state index contributed by atoms with van der Waals surface area (Å²) in [6.07, 6.45) is 4.04. The molecule has 1 aromatic carbocycles. The maximum atomic E-state index is 12.0. The van der Waals surface area contributed by atoms with Gasteiger partial charge in [-0.15, -0.1) is 0 Å². The molecule has 2 saturated heterocycles. The molecule has 0 saturated carbocycles. The second kappa shape index (κ2) is 8.44. The Morgan fingerprint density at radius 1 is 1.29 bits per heavy atom. The summed E-state index contributed by atoms with van der Waals surface area (Å²) in [4.78, 5) is 27.2. The van der Waals surface area contributed by atoms with Gasteiger partial charge < -0.3 is 14.7 Å². The average molecular weight is 467 g/mol. The van der Waals surface area contributed by atoms with Crippen LogP contribution >= 0.6 is 0 Å². The number of anilines is 1. The van der Waals surface area contributed by atoms with Crippen molar-refractivity contribution in [2.45, 2.75) is 13.3 Å². The van der Waals surface area contributed by atoms with Crippen molar-refractivity contribution < 1.29 is 4.79 Å². The molecule has 0 bridgehead atoms. The minimum absolute atomic E-state index is 0.00642. The molecule has 2 aromatic heterocycles. The number of hydrogen-bond acceptors (Lipinski definition) is 7. The summed E-state index contributed by atoms with van der Waals surface area (Å²) in [5, 5.41) is 18.4. The Bertz CT molecular complexity index is 1450. The van der Waals surface area contributed by atoms with E-state index in [1.54, 1.807) is 11.1 Å². The number of aromatic amines is 1. The van der Waals surface area contributed by atoms with E-state index in [-0.39, 0.29) is 11.3 Å². The first-order valence-electron chi connectivity index (χ1n) is 11.4. The number of nitrogens with zero attached hydrogens (tertiary/aromatic N) is 7. The van der Waals surface area contributed by atoms with Gasteiger partial charge in [-0.05, 0) is 37.0 Å². The normalized spacial score (nSPS) is 15.9. The highest BCUT2D eigenvalue weighted by atomic mass is 16.2. The first-order chi connectivity index (χ1) is 16.8. The van der Waals surface area contributed by atoms with Gasteiger partial charge in [-0.25, -0.2) is 9.97 Å². The zero-order valence-corrected chi connectivity index (χ0v) is 20.1. The van der Waals surface area contributed by atoms with Crippen LogP contribution in [-0.4, -0.2) is 76.1 Å². The van der Waals surface area contributed by atoms with Gasteiger partial charge in [0.2, 0.25) is 11.7 Å². The van der Waals surface area contributed by atoms with Gasteiger partial charge in [-0.2, -0.15) is 10.4 Å². The minimum Gasteiger partial charge on any atom is -0.355 e. The molecule has 2 aliphatic heterocycles. The third-order valence-corrected chi connectivity index (χ3v) is 6.74. The van der Waals surface area contributed by atoms with Crippen LogP contribution in [-0.2, 0) is 4.79 Å². The molecule has 35 heavy (non-hydrogen) atoms. The maximum Gasteiger partial charge on any atom is 0.245 e. The molecule has 2 aliphatic rings. The third kappa shape index (κ3) is 3.85. The van der Waals surface area contributed by atoms with Crippen molar-refractivity contribution in [2.75, 3.05) is 45.2 Å². The van der Waals surface area contributed by atoms with Crippen molar-refractivity contribution in [1.82, 2.24) is 30.0 Å². The van der Waals surface area contributed by atoms with Crippen LogP contribution in [0.25, 0.3) is 22.2 Å². The number of rotatable bonds is 3. The lowest BCUT2D eigenvalue weighted by molar-refractivity contribution is -0.136. The first-order valence-corrected chi connectivity index (χ1v) is 11.4. The molecule has 1 amide bonds. The highest BCUT2D eigenvalue weighted by Crippen LogP contribution is 2.43. The van der Waals surface area contributed by atoms with E-state index < -0.39 is 0 Å². The third-order valence-electron chi connectivity index (χ3n) is 6.74. The second-order valence-electron chi connectivity index (χ2n) is 9.50. The number of carbonyl (C=O) groups is 1. The molecule has 0 radical (unpaired) electrons. The van der Waals surface area contributed by atoms with Crippen LogP contribution in [0.15, 0.2) is 31.0 Å². The van der Waals surface area contributed by atoms with Crippen molar-refractivity contribution in [3.63, 3.8) is 0 Å². The lowest BCUT2D eigenvalue weighted by atomic mass is 9.79. The summed E-state index contributed by atoms with van der Waals surface area (Å²) in [6.45, 7) is 8.43. The number of aryl methyl sites for hydroxylation is 1. The van der Waals surface area contributed by atoms with Crippen molar-refractivity contribution in [1.29, 1.82) is 5.26 Å². The van der Waals surface area contributed by atoms with E-state index >= 15 is 0 Å². The Morgan fingerprint density at radius 3 is 2.80 bits per heavy atom. The predicted octanol–water partition coefficient (Wildman–Crippen LogP) is 2.30. The Labute approximate surface area is 204 Å². The quantitative estimate of drug-likeness (QED) is 0.359. The number of benzene rings is 1. The van der Waals surface area contributed by atoms with Crippen LogP contribution in [0.2, 0.25) is 0 Å². The van der Waals surface area contributed by atoms with Gasteiger partial charge in [-0.1, -0.05) is 12.6 Å². The number of nitriles is 1. The first kappa shape index (κ1) is 22.4. The van der Waals surface area contributed by atoms with Gasteiger partial charge in [0, 0.05) is 62.7 Å². The predicted molar refractivity (Wildman–Crippen MR) is 133 cm³/mol. The molecule has 0 unspecified atom stereocenters. The molecule has 4 heterocycles. The molecule has 2 fully saturated rings. The van der Waals surface area contributed by atoms with E-state index in [4.69, 9.17) is 9.97 Å². The van der Waals surface area contributed by atoms with Crippen molar-refractivity contribution in [3.05, 3.63) is 47.9 Å². The summed E-state index contributed by atoms with van der Waals surface area (Å²) >= 11 is 0. The Balaban J connectivity index is 1.62. The molecule has 9 nitrogen and oxygen atoms in total. The topological polar surface area (TPSA) is 105 Å². The van der Waals surface area contributed by atoms with Gasteiger partial charge in [0.25, 0.3) is 0 Å². The highest BCUT2D eigenvalue weighted by molar-refractivity contribution is 5.97. The summed E-state index contributed by atoms with van der Waals surface area (Å²) in [5.74, 6) is 3.95. The Hall–Kier alpha value is -4.37. The summed E-state index contributed by atoms with van der Waals surface area (Å²) in [5.41, 5.74) is 3.70. The van der Waals surface area contributed by atoms with Crippen molar-refractivity contribution >= 4 is 22.6 Å². The van der Waals surface area contributed by atoms with E-state index in [0.29, 0.717) is 42.5 Å². The lowest BCUT2D eigenvalue weighted by Crippen LogP contribution is -2.59. The largest absolute Gasteiger partial charge is 0.355 e. The van der Waals surface area contributed by atoms with Gasteiger partial charge >= 0.3 is 0 Å². The molecule has 0 aliphatic carbocycles. The summed E-state index contributed by atoms with van der Waals surface area (Å²) in [6, 6.07) is 9.34. The molecule has 5 rings (SSSR count). The van der Waals surface area contributed by atoms with E-state index in [1.807, 2.05) is 38.1 Å². The van der Waals surface area contributed by atoms with Crippen LogP contribution in [0.3, 0.4) is 0 Å². The van der Waals surface area contributed by atoms with E-state index in [0.717, 1.165) is 35.0 Å². The minimum atomic E-state index is -0.0407. The van der Waals surface area contributed by atoms with Gasteiger partial charge in [0.05, 0.1) is 17.4 Å². The second-order valence-corrected chi connectivity index (χ2v) is 9.50. The monoisotopic (exact) mass is 466 g/mol. The van der Waals surface area contributed by atoms with Crippen molar-refractivity contribution in [2.24, 2.45) is 5.41 Å². The van der Waals surface area contributed by atoms with Crippen LogP contribution < -0.4 is 4.90 Å². The van der Waals surface area contributed by atoms with Gasteiger partial charge in [-0.3, -0.25) is 9.89 Å². The molecule has 1 N–H and O–H groups in total. The van der Waals surface area contributed by atoms with Gasteiger partial charge in [0.1, 0.15) is 11.6 Å². The number of carbonyl (C=O) groups excluding carboxylic acids is 1. The number of likely N-dealkylation sites (tertiary alicyclic amines) is 1. The standard InChI is InChI=1S/C26H26N8O/c1-5-22(35)34-15-26(16-34)9-11-33(14-26)25-18(12-27)24(29-21(30-25)8-10-32(3)4)23-17(2)6-7-20-19(23)13-28-31-20/h5-7,13H,1,9,11,14-16H2,2-4H3,(H,28,31). The molecular formula is C26H26N8O. The fourth-order valence-corrected chi connectivity index (χ4v) is 5.04. The van der Waals surface area contributed by atoms with Crippen LogP contribution in [0.1, 0.15) is 23.4 Å². The fourth-order valence-electron chi connectivity index (χ4n) is 5.04. The smallest absolute Gasteiger partial charge is 0.245 e. The van der Waals surface area contributed by atoms with Gasteiger partial charge in [0.15, 0.2) is 5.82 Å². The number of amides is 1. The number of hydrogen-bond donors (Lipinski definition) is 1. The lowest BCUT2D eigenvalue weighted by Gasteiger charge is -2.47.